The summed E-state index contributed by atoms with van der Waals surface area (Å²) in [6, 6.07) is 9.41. The Morgan fingerprint density at radius 2 is 2.36 bits per heavy atom. The standard InChI is InChI=1S/C18H15N5OS/c19-8-11-2-1-3-12(6-11)16-10-25-18(21-16)22-17(24)13-4-5-14-9-20-23-15(14)7-13/h1-3,6,9-10,13H,4-5,7H2,(H,20,23)(H,21,22,24)/t13-/m0/s1. The van der Waals surface area contributed by atoms with Gasteiger partial charge in [0.15, 0.2) is 5.13 Å². The van der Waals surface area contributed by atoms with Gasteiger partial charge in [-0.2, -0.15) is 10.4 Å². The number of carbonyl (C=O) groups is 1. The average molecular weight is 349 g/mol. The molecule has 0 saturated heterocycles. The fraction of sp³-hybridized carbons (Fsp3) is 0.222. The highest BCUT2D eigenvalue weighted by molar-refractivity contribution is 7.14. The van der Waals surface area contributed by atoms with E-state index in [1.165, 1.54) is 16.9 Å². The lowest BCUT2D eigenvalue weighted by Crippen LogP contribution is -2.28. The first-order valence-corrected chi connectivity index (χ1v) is 8.89. The maximum Gasteiger partial charge on any atom is 0.229 e. The van der Waals surface area contributed by atoms with Crippen molar-refractivity contribution in [2.45, 2.75) is 19.3 Å². The van der Waals surface area contributed by atoms with E-state index in [0.717, 1.165) is 29.8 Å². The lowest BCUT2D eigenvalue weighted by atomic mass is 9.87. The number of nitrogens with one attached hydrogen (secondary N) is 2. The van der Waals surface area contributed by atoms with Crippen LogP contribution in [0.5, 0.6) is 0 Å². The van der Waals surface area contributed by atoms with Gasteiger partial charge in [-0.25, -0.2) is 4.98 Å². The Bertz CT molecular complexity index is 968. The van der Waals surface area contributed by atoms with Gasteiger partial charge in [-0.1, -0.05) is 12.1 Å². The monoisotopic (exact) mass is 349 g/mol. The molecule has 4 rings (SSSR count). The maximum atomic E-state index is 12.5. The first-order valence-electron chi connectivity index (χ1n) is 8.01. The average Bonchev–Trinajstić information content (AvgIpc) is 3.30. The molecule has 1 aliphatic carbocycles. The second kappa shape index (κ2) is 6.49. The van der Waals surface area contributed by atoms with Gasteiger partial charge in [0.25, 0.3) is 0 Å². The lowest BCUT2D eigenvalue weighted by molar-refractivity contribution is -0.120. The zero-order valence-electron chi connectivity index (χ0n) is 13.3. The van der Waals surface area contributed by atoms with E-state index < -0.39 is 0 Å². The van der Waals surface area contributed by atoms with Gasteiger partial charge in [0.1, 0.15) is 0 Å². The number of aromatic amines is 1. The molecule has 0 radical (unpaired) electrons. The Kier molecular flexibility index (Phi) is 4.04. The van der Waals surface area contributed by atoms with E-state index in [-0.39, 0.29) is 11.8 Å². The molecule has 1 atom stereocenters. The van der Waals surface area contributed by atoms with Gasteiger partial charge >= 0.3 is 0 Å². The summed E-state index contributed by atoms with van der Waals surface area (Å²) >= 11 is 1.39. The molecule has 3 aromatic rings. The number of benzene rings is 1. The van der Waals surface area contributed by atoms with E-state index in [1.807, 2.05) is 23.7 Å². The van der Waals surface area contributed by atoms with Crippen LogP contribution in [0, 0.1) is 17.2 Å². The van der Waals surface area contributed by atoms with E-state index in [9.17, 15) is 4.79 Å². The van der Waals surface area contributed by atoms with E-state index in [2.05, 4.69) is 26.6 Å². The highest BCUT2D eigenvalue weighted by Gasteiger charge is 2.26. The van der Waals surface area contributed by atoms with Crippen LogP contribution in [-0.2, 0) is 17.6 Å². The largest absolute Gasteiger partial charge is 0.302 e. The van der Waals surface area contributed by atoms with Crippen LogP contribution in [0.1, 0.15) is 23.2 Å². The number of thiazole rings is 1. The van der Waals surface area contributed by atoms with Crippen molar-refractivity contribution in [1.82, 2.24) is 15.2 Å². The van der Waals surface area contributed by atoms with Crippen molar-refractivity contribution in [3.05, 3.63) is 52.7 Å². The molecule has 0 fully saturated rings. The topological polar surface area (TPSA) is 94.5 Å². The first kappa shape index (κ1) is 15.5. The van der Waals surface area contributed by atoms with Crippen LogP contribution < -0.4 is 5.32 Å². The van der Waals surface area contributed by atoms with Gasteiger partial charge < -0.3 is 5.32 Å². The molecule has 2 aromatic heterocycles. The summed E-state index contributed by atoms with van der Waals surface area (Å²) in [7, 11) is 0. The predicted molar refractivity (Wildman–Crippen MR) is 95.0 cm³/mol. The van der Waals surface area contributed by atoms with Crippen LogP contribution in [0.15, 0.2) is 35.8 Å². The molecule has 0 aliphatic heterocycles. The molecular formula is C18H15N5OS. The number of nitriles is 1. The molecule has 1 aliphatic rings. The smallest absolute Gasteiger partial charge is 0.229 e. The molecule has 0 spiro atoms. The second-order valence-electron chi connectivity index (χ2n) is 6.03. The summed E-state index contributed by atoms with van der Waals surface area (Å²) in [6.45, 7) is 0. The molecule has 124 valence electrons. The molecule has 2 heterocycles. The summed E-state index contributed by atoms with van der Waals surface area (Å²) in [5.74, 6) is -0.0749. The number of nitrogens with zero attached hydrogens (tertiary/aromatic N) is 3. The van der Waals surface area contributed by atoms with E-state index >= 15 is 0 Å². The summed E-state index contributed by atoms with van der Waals surface area (Å²) in [6.07, 6.45) is 4.21. The number of H-pyrrole nitrogens is 1. The summed E-state index contributed by atoms with van der Waals surface area (Å²) in [5, 5.41) is 21.4. The van der Waals surface area contributed by atoms with Crippen LogP contribution in [0.2, 0.25) is 0 Å². The minimum atomic E-state index is -0.0674. The van der Waals surface area contributed by atoms with Gasteiger partial charge in [-0.15, -0.1) is 11.3 Å². The van der Waals surface area contributed by atoms with Gasteiger partial charge in [-0.05, 0) is 30.5 Å². The number of carbonyl (C=O) groups excluding carboxylic acids is 1. The zero-order chi connectivity index (χ0) is 17.2. The first-order chi connectivity index (χ1) is 12.2. The number of fused-ring (bicyclic) bond motifs is 1. The van der Waals surface area contributed by atoms with Crippen molar-refractivity contribution < 1.29 is 4.79 Å². The third-order valence-corrected chi connectivity index (χ3v) is 5.17. The van der Waals surface area contributed by atoms with Crippen molar-refractivity contribution in [2.24, 2.45) is 5.92 Å². The Balaban J connectivity index is 1.46. The second-order valence-corrected chi connectivity index (χ2v) is 6.89. The molecule has 2 N–H and O–H groups in total. The number of hydrogen-bond donors (Lipinski definition) is 2. The SMILES string of the molecule is N#Cc1cccc(-c2csc(NC(=O)[C@H]3CCc4cn[nH]c4C3)n2)c1. The Morgan fingerprint density at radius 3 is 3.24 bits per heavy atom. The van der Waals surface area contributed by atoms with Crippen molar-refractivity contribution >= 4 is 22.4 Å². The van der Waals surface area contributed by atoms with Crippen molar-refractivity contribution in [3.8, 4) is 17.3 Å². The molecule has 7 heteroatoms. The minimum Gasteiger partial charge on any atom is -0.302 e. The molecule has 1 aromatic carbocycles. The minimum absolute atomic E-state index is 0.00748. The number of amides is 1. The Labute approximate surface area is 148 Å². The fourth-order valence-corrected chi connectivity index (χ4v) is 3.77. The molecule has 0 bridgehead atoms. The van der Waals surface area contributed by atoms with Crippen LogP contribution in [0.3, 0.4) is 0 Å². The van der Waals surface area contributed by atoms with Crippen molar-refractivity contribution in [3.63, 3.8) is 0 Å². The molecule has 0 saturated carbocycles. The third-order valence-electron chi connectivity index (χ3n) is 4.41. The van der Waals surface area contributed by atoms with E-state index in [0.29, 0.717) is 17.1 Å². The van der Waals surface area contributed by atoms with Crippen LogP contribution in [0.4, 0.5) is 5.13 Å². The fourth-order valence-electron chi connectivity index (χ4n) is 3.05. The van der Waals surface area contributed by atoms with Gasteiger partial charge in [0, 0.05) is 29.0 Å². The van der Waals surface area contributed by atoms with E-state index in [4.69, 9.17) is 5.26 Å². The summed E-state index contributed by atoms with van der Waals surface area (Å²) < 4.78 is 0. The zero-order valence-corrected chi connectivity index (χ0v) is 14.1. The quantitative estimate of drug-likeness (QED) is 0.759. The molecule has 25 heavy (non-hydrogen) atoms. The number of aryl methyl sites for hydroxylation is 1. The lowest BCUT2D eigenvalue weighted by Gasteiger charge is -2.20. The maximum absolute atomic E-state index is 12.5. The summed E-state index contributed by atoms with van der Waals surface area (Å²) in [5.41, 5.74) is 4.48. The van der Waals surface area contributed by atoms with Gasteiger partial charge in [0.2, 0.25) is 5.91 Å². The van der Waals surface area contributed by atoms with Crippen molar-refractivity contribution in [1.29, 1.82) is 5.26 Å². The number of hydrogen-bond acceptors (Lipinski definition) is 5. The molecule has 0 unspecified atom stereocenters. The molecular weight excluding hydrogens is 334 g/mol. The third kappa shape index (κ3) is 3.16. The molecule has 6 nitrogen and oxygen atoms in total. The van der Waals surface area contributed by atoms with Crippen LogP contribution in [0.25, 0.3) is 11.3 Å². The highest BCUT2D eigenvalue weighted by atomic mass is 32.1. The predicted octanol–water partition coefficient (Wildman–Crippen LogP) is 3.15. The Hall–Kier alpha value is -2.98. The number of rotatable bonds is 3. The van der Waals surface area contributed by atoms with Crippen molar-refractivity contribution in [2.75, 3.05) is 5.32 Å². The Morgan fingerprint density at radius 1 is 1.44 bits per heavy atom. The van der Waals surface area contributed by atoms with Crippen LogP contribution in [-0.4, -0.2) is 21.1 Å². The van der Waals surface area contributed by atoms with E-state index in [1.54, 1.807) is 12.1 Å². The van der Waals surface area contributed by atoms with Gasteiger partial charge in [0.05, 0.1) is 23.5 Å². The normalized spacial score (nSPS) is 16.0. The summed E-state index contributed by atoms with van der Waals surface area (Å²) in [4.78, 5) is 17.0. The number of anilines is 1. The van der Waals surface area contributed by atoms with Gasteiger partial charge in [-0.3, -0.25) is 9.89 Å². The number of aromatic nitrogens is 3. The molecule has 1 amide bonds. The highest BCUT2D eigenvalue weighted by Crippen LogP contribution is 2.28. The van der Waals surface area contributed by atoms with Crippen LogP contribution >= 0.6 is 11.3 Å².